The fraction of sp³-hybridized carbons (Fsp3) is 0.286. The Morgan fingerprint density at radius 3 is 2.33 bits per heavy atom. The monoisotopic (exact) mass is 189 g/mol. The Kier molecular flexibility index (Phi) is 6.45. The molecule has 4 nitrogen and oxygen atoms in total. The molecule has 5 heteroatoms. The molecule has 0 radical (unpaired) electrons. The molecule has 0 aromatic carbocycles. The van der Waals surface area contributed by atoms with Gasteiger partial charge in [-0.15, -0.1) is 0 Å². The van der Waals surface area contributed by atoms with E-state index in [1.54, 1.807) is 6.20 Å². The van der Waals surface area contributed by atoms with E-state index in [-0.39, 0.29) is 0 Å². The molecule has 1 aromatic rings. The van der Waals surface area contributed by atoms with Crippen LogP contribution in [0.4, 0.5) is 0 Å². The summed E-state index contributed by atoms with van der Waals surface area (Å²) >= 11 is -2.07. The third kappa shape index (κ3) is 7.33. The zero-order valence-corrected chi connectivity index (χ0v) is 7.75. The van der Waals surface area contributed by atoms with Crippen molar-refractivity contribution < 1.29 is 12.9 Å². The lowest BCUT2D eigenvalue weighted by Gasteiger charge is -1.82. The van der Waals surface area contributed by atoms with Crippen LogP contribution in [0.1, 0.15) is 5.69 Å². The quantitative estimate of drug-likeness (QED) is 0.673. The summed E-state index contributed by atoms with van der Waals surface area (Å²) in [5.41, 5.74) is 1.07. The highest BCUT2D eigenvalue weighted by Gasteiger charge is 1.75. The van der Waals surface area contributed by atoms with E-state index in [1.807, 2.05) is 25.1 Å². The van der Waals surface area contributed by atoms with Crippen LogP contribution in [0.5, 0.6) is 0 Å². The maximum atomic E-state index is 9.26. The van der Waals surface area contributed by atoms with E-state index in [4.69, 9.17) is 4.55 Å². The van der Waals surface area contributed by atoms with E-state index < -0.39 is 11.4 Å². The number of rotatable bonds is 1. The molecule has 0 saturated heterocycles. The minimum Gasteiger partial charge on any atom is -0.284 e. The van der Waals surface area contributed by atoms with Gasteiger partial charge in [-0.3, -0.25) is 13.7 Å². The predicted molar refractivity (Wildman–Crippen MR) is 46.8 cm³/mol. The lowest BCUT2D eigenvalue weighted by molar-refractivity contribution is 0.379. The van der Waals surface area contributed by atoms with Crippen molar-refractivity contribution in [1.29, 1.82) is 0 Å². The van der Waals surface area contributed by atoms with Crippen LogP contribution in [0, 0.1) is 6.92 Å². The highest BCUT2D eigenvalue weighted by molar-refractivity contribution is 7.74. The maximum absolute atomic E-state index is 9.26. The lowest BCUT2D eigenvalue weighted by Crippen LogP contribution is -1.84. The van der Waals surface area contributed by atoms with Crippen LogP contribution >= 0.6 is 0 Å². The highest BCUT2D eigenvalue weighted by atomic mass is 32.2. The molecule has 12 heavy (non-hydrogen) atoms. The van der Waals surface area contributed by atoms with Crippen molar-refractivity contribution in [3.05, 3.63) is 30.1 Å². The van der Waals surface area contributed by atoms with Gasteiger partial charge in [0.25, 0.3) is 0 Å². The van der Waals surface area contributed by atoms with E-state index in [1.165, 1.54) is 0 Å². The Bertz CT molecular complexity index is 227. The second kappa shape index (κ2) is 6.90. The highest BCUT2D eigenvalue weighted by Crippen LogP contribution is 1.85. The van der Waals surface area contributed by atoms with E-state index in [0.717, 1.165) is 12.8 Å². The van der Waals surface area contributed by atoms with Crippen LogP contribution in [0.2, 0.25) is 0 Å². The lowest BCUT2D eigenvalue weighted by atomic mass is 10.4. The van der Waals surface area contributed by atoms with Crippen LogP contribution in [-0.2, 0) is 15.5 Å². The molecule has 0 fully saturated rings. The molecule has 1 N–H and O–H groups in total. The topological polar surface area (TPSA) is 59.4 Å². The molecule has 1 aromatic heterocycles. The van der Waals surface area contributed by atoms with Crippen molar-refractivity contribution in [3.8, 4) is 0 Å². The first-order valence-electron chi connectivity index (χ1n) is 3.19. The van der Waals surface area contributed by atoms with Gasteiger partial charge in [0.1, 0.15) is 0 Å². The number of aryl methyl sites for hydroxylation is 1. The van der Waals surface area contributed by atoms with Crippen LogP contribution in [0.15, 0.2) is 24.4 Å². The fourth-order valence-corrected chi connectivity index (χ4v) is 0.448. The van der Waals surface area contributed by atoms with Crippen LogP contribution < -0.4 is 0 Å². The summed E-state index contributed by atoms with van der Waals surface area (Å²) in [5, 5.41) is 0. The van der Waals surface area contributed by atoms with E-state index >= 15 is 0 Å². The second-order valence-electron chi connectivity index (χ2n) is 1.85. The van der Waals surface area contributed by atoms with E-state index in [9.17, 15) is 4.21 Å². The molecule has 0 aliphatic carbocycles. The van der Waals surface area contributed by atoms with Crippen molar-refractivity contribution in [2.24, 2.45) is 0 Å². The molecule has 0 aliphatic rings. The van der Waals surface area contributed by atoms with Crippen molar-refractivity contribution in [2.75, 3.05) is 7.11 Å². The standard InChI is InChI=1S/C6H7N.CH4O3S/c1-6-4-2-3-5-7-6;1-4-5(2)3/h2-5H,1H3;1H3,(H,2,3). The van der Waals surface area contributed by atoms with Gasteiger partial charge in [-0.1, -0.05) is 6.07 Å². The molecule has 0 amide bonds. The molecule has 0 spiro atoms. The molecule has 68 valence electrons. The molecule has 1 unspecified atom stereocenters. The van der Waals surface area contributed by atoms with Gasteiger partial charge in [-0.05, 0) is 19.1 Å². The van der Waals surface area contributed by atoms with Crippen molar-refractivity contribution in [2.45, 2.75) is 6.92 Å². The van der Waals surface area contributed by atoms with Gasteiger partial charge < -0.3 is 0 Å². The third-order valence-corrected chi connectivity index (χ3v) is 1.24. The Labute approximate surface area is 74.1 Å². The van der Waals surface area contributed by atoms with E-state index in [2.05, 4.69) is 9.17 Å². The minimum absolute atomic E-state index is 1.07. The number of hydrogen-bond donors (Lipinski definition) is 1. The van der Waals surface area contributed by atoms with Gasteiger partial charge in [0.2, 0.25) is 0 Å². The molecule has 0 saturated carbocycles. The van der Waals surface area contributed by atoms with Gasteiger partial charge in [-0.25, -0.2) is 0 Å². The summed E-state index contributed by atoms with van der Waals surface area (Å²) in [6.45, 7) is 1.97. The Hall–Kier alpha value is -0.780. The minimum atomic E-state index is -2.07. The summed E-state index contributed by atoms with van der Waals surface area (Å²) in [5.74, 6) is 0. The summed E-state index contributed by atoms with van der Waals surface area (Å²) in [6.07, 6.45) is 1.79. The third-order valence-electron chi connectivity index (χ3n) is 0.955. The number of nitrogens with zero attached hydrogens (tertiary/aromatic N) is 1. The van der Waals surface area contributed by atoms with Crippen molar-refractivity contribution in [3.63, 3.8) is 0 Å². The molecule has 1 rings (SSSR count). The average molecular weight is 189 g/mol. The molecule has 0 aliphatic heterocycles. The van der Waals surface area contributed by atoms with Gasteiger partial charge >= 0.3 is 11.4 Å². The largest absolute Gasteiger partial charge is 0.301 e. The Morgan fingerprint density at radius 2 is 2.17 bits per heavy atom. The average Bonchev–Trinajstić information content (AvgIpc) is 2.07. The summed E-state index contributed by atoms with van der Waals surface area (Å²) in [7, 11) is 1.15. The molecule has 1 atom stereocenters. The van der Waals surface area contributed by atoms with Crippen molar-refractivity contribution in [1.82, 2.24) is 4.98 Å². The molecule has 1 heterocycles. The van der Waals surface area contributed by atoms with Crippen LogP contribution in [0.3, 0.4) is 0 Å². The zero-order valence-electron chi connectivity index (χ0n) is 6.93. The van der Waals surface area contributed by atoms with E-state index in [0.29, 0.717) is 0 Å². The first kappa shape index (κ1) is 11.2. The van der Waals surface area contributed by atoms with Crippen molar-refractivity contribution >= 4 is 11.4 Å². The number of aromatic nitrogens is 1. The summed E-state index contributed by atoms with van der Waals surface area (Å²) in [6, 6.07) is 5.86. The van der Waals surface area contributed by atoms with Gasteiger partial charge in [0.15, 0.2) is 0 Å². The van der Waals surface area contributed by atoms with Gasteiger partial charge in [0.05, 0.1) is 7.11 Å². The van der Waals surface area contributed by atoms with Gasteiger partial charge in [0, 0.05) is 11.9 Å². The van der Waals surface area contributed by atoms with Gasteiger partial charge in [-0.2, -0.15) is 4.21 Å². The zero-order chi connectivity index (χ0) is 9.40. The first-order valence-corrected chi connectivity index (χ1v) is 4.23. The number of pyridine rings is 1. The van der Waals surface area contributed by atoms with Crippen LogP contribution in [-0.4, -0.2) is 20.9 Å². The fourth-order valence-electron chi connectivity index (χ4n) is 0.448. The summed E-state index contributed by atoms with van der Waals surface area (Å²) in [4.78, 5) is 3.98. The first-order chi connectivity index (χ1) is 5.66. The molecular weight excluding hydrogens is 178 g/mol. The van der Waals surface area contributed by atoms with Crippen LogP contribution in [0.25, 0.3) is 0 Å². The normalized spacial score (nSPS) is 11.2. The molecule has 0 bridgehead atoms. The smallest absolute Gasteiger partial charge is 0.284 e. The Morgan fingerprint density at radius 1 is 1.58 bits per heavy atom. The Balaban J connectivity index is 0.000000217. The number of hydrogen-bond acceptors (Lipinski definition) is 3. The second-order valence-corrected chi connectivity index (χ2v) is 2.62. The molecular formula is C7H11NO3S. The predicted octanol–water partition coefficient (Wildman–Crippen LogP) is 1.16. The summed E-state index contributed by atoms with van der Waals surface area (Å²) < 4.78 is 20.6. The SMILES string of the molecule is COS(=O)O.Cc1ccccn1. The maximum Gasteiger partial charge on any atom is 0.301 e.